The minimum atomic E-state index is 0.329. The molecule has 0 aliphatic heterocycles. The summed E-state index contributed by atoms with van der Waals surface area (Å²) in [5.74, 6) is 0.329. The molecule has 0 heterocycles. The first kappa shape index (κ1) is 9.07. The number of nitrogens with two attached hydrogens (primary N) is 1. The fraction of sp³-hybridized carbons (Fsp3) is 0.400. The quantitative estimate of drug-likeness (QED) is 0.717. The molecule has 0 fully saturated rings. The highest BCUT2D eigenvalue weighted by atomic mass is 16.3. The first-order chi connectivity index (χ1) is 5.77. The van der Waals surface area contributed by atoms with Crippen LogP contribution in [-0.2, 0) is 13.0 Å². The number of rotatable bonds is 3. The van der Waals surface area contributed by atoms with Crippen LogP contribution in [0.3, 0.4) is 0 Å². The zero-order valence-corrected chi connectivity index (χ0v) is 7.38. The molecule has 0 bridgehead atoms. The number of aryl methyl sites for hydroxylation is 1. The van der Waals surface area contributed by atoms with E-state index in [1.54, 1.807) is 12.1 Å². The maximum absolute atomic E-state index is 9.22. The van der Waals surface area contributed by atoms with Gasteiger partial charge in [-0.05, 0) is 29.7 Å². The Hall–Kier alpha value is -1.02. The summed E-state index contributed by atoms with van der Waals surface area (Å²) in [6.07, 6.45) is 2.07. The molecule has 1 aromatic rings. The second-order valence-electron chi connectivity index (χ2n) is 2.91. The van der Waals surface area contributed by atoms with Gasteiger partial charge in [0.25, 0.3) is 0 Å². The summed E-state index contributed by atoms with van der Waals surface area (Å²) >= 11 is 0. The Morgan fingerprint density at radius 3 is 2.67 bits per heavy atom. The van der Waals surface area contributed by atoms with Gasteiger partial charge >= 0.3 is 0 Å². The average molecular weight is 165 g/mol. The third kappa shape index (κ3) is 1.98. The van der Waals surface area contributed by atoms with Crippen LogP contribution >= 0.6 is 0 Å². The summed E-state index contributed by atoms with van der Waals surface area (Å²) in [6.45, 7) is 2.67. The molecule has 0 aliphatic carbocycles. The summed E-state index contributed by atoms with van der Waals surface area (Å²) < 4.78 is 0. The predicted octanol–water partition coefficient (Wildman–Crippen LogP) is 1.80. The molecule has 0 aliphatic rings. The van der Waals surface area contributed by atoms with Crippen LogP contribution in [0.5, 0.6) is 5.75 Å². The maximum Gasteiger partial charge on any atom is 0.115 e. The third-order valence-corrected chi connectivity index (χ3v) is 1.93. The SMILES string of the molecule is CCCc1cc(O)ccc1CN. The van der Waals surface area contributed by atoms with E-state index in [0.717, 1.165) is 18.4 Å². The molecule has 1 rings (SSSR count). The zero-order valence-electron chi connectivity index (χ0n) is 7.38. The van der Waals surface area contributed by atoms with E-state index in [4.69, 9.17) is 5.73 Å². The highest BCUT2D eigenvalue weighted by molar-refractivity contribution is 5.34. The fourth-order valence-electron chi connectivity index (χ4n) is 1.31. The summed E-state index contributed by atoms with van der Waals surface area (Å²) in [7, 11) is 0. The van der Waals surface area contributed by atoms with E-state index >= 15 is 0 Å². The van der Waals surface area contributed by atoms with Crippen LogP contribution in [0.4, 0.5) is 0 Å². The van der Waals surface area contributed by atoms with Crippen molar-refractivity contribution < 1.29 is 5.11 Å². The molecule has 0 unspecified atom stereocenters. The smallest absolute Gasteiger partial charge is 0.115 e. The number of phenols is 1. The molecule has 0 amide bonds. The number of hydrogen-bond acceptors (Lipinski definition) is 2. The van der Waals surface area contributed by atoms with Crippen molar-refractivity contribution >= 4 is 0 Å². The highest BCUT2D eigenvalue weighted by Crippen LogP contribution is 2.17. The van der Waals surface area contributed by atoms with Crippen molar-refractivity contribution in [3.8, 4) is 5.75 Å². The van der Waals surface area contributed by atoms with Gasteiger partial charge in [0.2, 0.25) is 0 Å². The van der Waals surface area contributed by atoms with Gasteiger partial charge in [0.15, 0.2) is 0 Å². The Balaban J connectivity index is 2.95. The van der Waals surface area contributed by atoms with Gasteiger partial charge in [-0.15, -0.1) is 0 Å². The van der Waals surface area contributed by atoms with Gasteiger partial charge in [0.05, 0.1) is 0 Å². The minimum absolute atomic E-state index is 0.329. The Bertz CT molecular complexity index is 258. The number of hydrogen-bond donors (Lipinski definition) is 2. The predicted molar refractivity (Wildman–Crippen MR) is 50.0 cm³/mol. The molecule has 0 saturated heterocycles. The van der Waals surface area contributed by atoms with E-state index in [-0.39, 0.29) is 0 Å². The van der Waals surface area contributed by atoms with Crippen LogP contribution in [0.2, 0.25) is 0 Å². The highest BCUT2D eigenvalue weighted by Gasteiger charge is 2.00. The van der Waals surface area contributed by atoms with Crippen LogP contribution in [0.15, 0.2) is 18.2 Å². The summed E-state index contributed by atoms with van der Waals surface area (Å²) in [5, 5.41) is 9.22. The van der Waals surface area contributed by atoms with Crippen molar-refractivity contribution in [1.29, 1.82) is 0 Å². The maximum atomic E-state index is 9.22. The van der Waals surface area contributed by atoms with Crippen molar-refractivity contribution in [2.45, 2.75) is 26.3 Å². The summed E-state index contributed by atoms with van der Waals surface area (Å²) in [5.41, 5.74) is 7.85. The summed E-state index contributed by atoms with van der Waals surface area (Å²) in [6, 6.07) is 5.37. The van der Waals surface area contributed by atoms with E-state index in [1.807, 2.05) is 6.07 Å². The topological polar surface area (TPSA) is 46.2 Å². The molecule has 2 nitrogen and oxygen atoms in total. The van der Waals surface area contributed by atoms with Crippen molar-refractivity contribution in [3.05, 3.63) is 29.3 Å². The molecule has 12 heavy (non-hydrogen) atoms. The lowest BCUT2D eigenvalue weighted by atomic mass is 10.0. The molecular formula is C10H15NO. The molecule has 66 valence electrons. The summed E-state index contributed by atoms with van der Waals surface area (Å²) in [4.78, 5) is 0. The Kier molecular flexibility index (Phi) is 3.11. The van der Waals surface area contributed by atoms with Crippen molar-refractivity contribution in [2.75, 3.05) is 0 Å². The largest absolute Gasteiger partial charge is 0.508 e. The van der Waals surface area contributed by atoms with Gasteiger partial charge in [-0.2, -0.15) is 0 Å². The van der Waals surface area contributed by atoms with Gasteiger partial charge in [-0.1, -0.05) is 19.4 Å². The van der Waals surface area contributed by atoms with E-state index in [0.29, 0.717) is 12.3 Å². The van der Waals surface area contributed by atoms with Crippen LogP contribution in [0.25, 0.3) is 0 Å². The van der Waals surface area contributed by atoms with Gasteiger partial charge in [-0.25, -0.2) is 0 Å². The van der Waals surface area contributed by atoms with Crippen molar-refractivity contribution in [1.82, 2.24) is 0 Å². The van der Waals surface area contributed by atoms with Crippen molar-refractivity contribution in [3.63, 3.8) is 0 Å². The van der Waals surface area contributed by atoms with E-state index in [1.165, 1.54) is 5.56 Å². The first-order valence-electron chi connectivity index (χ1n) is 4.28. The molecule has 3 N–H and O–H groups in total. The molecule has 0 atom stereocenters. The fourth-order valence-corrected chi connectivity index (χ4v) is 1.31. The number of aromatic hydroxyl groups is 1. The van der Waals surface area contributed by atoms with Gasteiger partial charge in [0, 0.05) is 6.54 Å². The molecule has 0 radical (unpaired) electrons. The number of benzene rings is 1. The lowest BCUT2D eigenvalue weighted by molar-refractivity contribution is 0.474. The average Bonchev–Trinajstić information content (AvgIpc) is 2.05. The Morgan fingerprint density at radius 2 is 2.08 bits per heavy atom. The second kappa shape index (κ2) is 4.12. The van der Waals surface area contributed by atoms with Crippen LogP contribution < -0.4 is 5.73 Å². The minimum Gasteiger partial charge on any atom is -0.508 e. The Labute approximate surface area is 73.0 Å². The van der Waals surface area contributed by atoms with Crippen LogP contribution in [0, 0.1) is 0 Å². The van der Waals surface area contributed by atoms with Gasteiger partial charge < -0.3 is 10.8 Å². The molecule has 1 aromatic carbocycles. The molecule has 0 aromatic heterocycles. The van der Waals surface area contributed by atoms with E-state index < -0.39 is 0 Å². The van der Waals surface area contributed by atoms with E-state index in [2.05, 4.69) is 6.92 Å². The van der Waals surface area contributed by atoms with Gasteiger partial charge in [-0.3, -0.25) is 0 Å². The normalized spacial score (nSPS) is 10.2. The second-order valence-corrected chi connectivity index (χ2v) is 2.91. The van der Waals surface area contributed by atoms with Crippen LogP contribution in [0.1, 0.15) is 24.5 Å². The number of phenolic OH excluding ortho intramolecular Hbond substituents is 1. The van der Waals surface area contributed by atoms with E-state index in [9.17, 15) is 5.11 Å². The molecule has 2 heteroatoms. The lowest BCUT2D eigenvalue weighted by Crippen LogP contribution is -2.00. The zero-order chi connectivity index (χ0) is 8.97. The Morgan fingerprint density at radius 1 is 1.33 bits per heavy atom. The van der Waals surface area contributed by atoms with Crippen LogP contribution in [-0.4, -0.2) is 5.11 Å². The first-order valence-corrected chi connectivity index (χ1v) is 4.28. The lowest BCUT2D eigenvalue weighted by Gasteiger charge is -2.06. The van der Waals surface area contributed by atoms with Gasteiger partial charge in [0.1, 0.15) is 5.75 Å². The monoisotopic (exact) mass is 165 g/mol. The van der Waals surface area contributed by atoms with Crippen molar-refractivity contribution in [2.24, 2.45) is 5.73 Å². The molecular weight excluding hydrogens is 150 g/mol. The molecule has 0 spiro atoms. The standard InChI is InChI=1S/C10H15NO/c1-2-3-8-6-10(12)5-4-9(8)7-11/h4-6,12H,2-3,7,11H2,1H3. The molecule has 0 saturated carbocycles. The third-order valence-electron chi connectivity index (χ3n) is 1.93.